The molecule has 0 fully saturated rings. The summed E-state index contributed by atoms with van der Waals surface area (Å²) in [6.07, 6.45) is 1.07. The van der Waals surface area contributed by atoms with Gasteiger partial charge >= 0.3 is 0 Å². The number of ether oxygens (including phenoxy) is 1. The Balaban J connectivity index is 1.88. The number of aliphatic hydroxyl groups excluding tert-OH is 1. The molecule has 0 aliphatic rings. The lowest BCUT2D eigenvalue weighted by Crippen LogP contribution is -2.03. The van der Waals surface area contributed by atoms with Gasteiger partial charge in [-0.15, -0.1) is 0 Å². The predicted octanol–water partition coefficient (Wildman–Crippen LogP) is 2.96. The van der Waals surface area contributed by atoms with Crippen molar-refractivity contribution in [1.82, 2.24) is 9.78 Å². The molecule has 0 saturated heterocycles. The van der Waals surface area contributed by atoms with E-state index in [0.29, 0.717) is 11.4 Å². The highest BCUT2D eigenvalue weighted by molar-refractivity contribution is 5.35. The molecular weight excluding hydrogens is 264 g/mol. The molecule has 0 aliphatic carbocycles. The van der Waals surface area contributed by atoms with E-state index in [1.54, 1.807) is 11.8 Å². The van der Waals surface area contributed by atoms with Gasteiger partial charge in [0.25, 0.3) is 0 Å². The largest absolute Gasteiger partial charge is 0.497 e. The zero-order valence-corrected chi connectivity index (χ0v) is 11.7. The van der Waals surface area contributed by atoms with E-state index in [1.807, 2.05) is 66.9 Å². The zero-order chi connectivity index (χ0) is 14.7. The molecule has 4 nitrogen and oxygen atoms in total. The van der Waals surface area contributed by atoms with Crippen LogP contribution >= 0.6 is 0 Å². The molecule has 4 heteroatoms. The summed E-state index contributed by atoms with van der Waals surface area (Å²) in [5.41, 5.74) is 2.32. The van der Waals surface area contributed by atoms with Crippen molar-refractivity contribution in [1.29, 1.82) is 0 Å². The van der Waals surface area contributed by atoms with Crippen LogP contribution in [0.4, 0.5) is 0 Å². The van der Waals surface area contributed by atoms with E-state index in [9.17, 15) is 5.11 Å². The van der Waals surface area contributed by atoms with Gasteiger partial charge in [-0.05, 0) is 35.9 Å². The van der Waals surface area contributed by atoms with Gasteiger partial charge < -0.3 is 9.84 Å². The van der Waals surface area contributed by atoms with Gasteiger partial charge in [-0.1, -0.05) is 30.3 Å². The molecule has 21 heavy (non-hydrogen) atoms. The third-order valence-electron chi connectivity index (χ3n) is 3.32. The Kier molecular flexibility index (Phi) is 3.71. The Morgan fingerprint density at radius 3 is 2.62 bits per heavy atom. The summed E-state index contributed by atoms with van der Waals surface area (Å²) >= 11 is 0. The number of aromatic nitrogens is 2. The van der Waals surface area contributed by atoms with Crippen molar-refractivity contribution < 1.29 is 9.84 Å². The summed E-state index contributed by atoms with van der Waals surface area (Å²) < 4.78 is 6.93. The molecule has 3 aromatic rings. The van der Waals surface area contributed by atoms with E-state index in [-0.39, 0.29) is 0 Å². The summed E-state index contributed by atoms with van der Waals surface area (Å²) in [7, 11) is 1.61. The van der Waals surface area contributed by atoms with E-state index in [2.05, 4.69) is 5.10 Å². The van der Waals surface area contributed by atoms with Crippen LogP contribution in [0.25, 0.3) is 5.69 Å². The molecule has 0 aliphatic heterocycles. The van der Waals surface area contributed by atoms with Gasteiger partial charge in [0.05, 0.1) is 18.5 Å². The van der Waals surface area contributed by atoms with Gasteiger partial charge in [-0.3, -0.25) is 0 Å². The topological polar surface area (TPSA) is 47.3 Å². The van der Waals surface area contributed by atoms with Crippen molar-refractivity contribution in [2.45, 2.75) is 6.10 Å². The number of hydrogen-bond acceptors (Lipinski definition) is 3. The highest BCUT2D eigenvalue weighted by Gasteiger charge is 2.14. The van der Waals surface area contributed by atoms with E-state index in [1.165, 1.54) is 0 Å². The number of nitrogens with zero attached hydrogens (tertiary/aromatic N) is 2. The smallest absolute Gasteiger partial charge is 0.123 e. The molecule has 0 radical (unpaired) electrons. The van der Waals surface area contributed by atoms with Crippen LogP contribution in [-0.2, 0) is 0 Å². The second-order valence-corrected chi connectivity index (χ2v) is 4.70. The van der Waals surface area contributed by atoms with Gasteiger partial charge in [-0.25, -0.2) is 4.68 Å². The summed E-state index contributed by atoms with van der Waals surface area (Å²) in [5, 5.41) is 14.9. The fourth-order valence-electron chi connectivity index (χ4n) is 2.19. The molecule has 2 aromatic carbocycles. The average molecular weight is 280 g/mol. The fraction of sp³-hybridized carbons (Fsp3) is 0.118. The SMILES string of the molecule is COc1cccc(C(O)c2ccn(-c3ccccc3)n2)c1. The molecule has 0 saturated carbocycles. The van der Waals surface area contributed by atoms with Crippen LogP contribution in [0.3, 0.4) is 0 Å². The Morgan fingerprint density at radius 2 is 1.86 bits per heavy atom. The molecule has 1 aromatic heterocycles. The Bertz CT molecular complexity index is 722. The van der Waals surface area contributed by atoms with E-state index >= 15 is 0 Å². The molecular formula is C17H16N2O2. The lowest BCUT2D eigenvalue weighted by Gasteiger charge is -2.09. The van der Waals surface area contributed by atoms with Crippen LogP contribution < -0.4 is 4.74 Å². The molecule has 1 N–H and O–H groups in total. The maximum absolute atomic E-state index is 10.4. The maximum Gasteiger partial charge on any atom is 0.123 e. The van der Waals surface area contributed by atoms with Crippen molar-refractivity contribution >= 4 is 0 Å². The van der Waals surface area contributed by atoms with Crippen molar-refractivity contribution in [3.63, 3.8) is 0 Å². The molecule has 1 atom stereocenters. The van der Waals surface area contributed by atoms with E-state index in [4.69, 9.17) is 4.74 Å². The highest BCUT2D eigenvalue weighted by Crippen LogP contribution is 2.24. The van der Waals surface area contributed by atoms with E-state index < -0.39 is 6.10 Å². The number of benzene rings is 2. The van der Waals surface area contributed by atoms with Crippen molar-refractivity contribution in [2.75, 3.05) is 7.11 Å². The summed E-state index contributed by atoms with van der Waals surface area (Å²) in [5.74, 6) is 0.717. The molecule has 0 spiro atoms. The predicted molar refractivity (Wildman–Crippen MR) is 80.6 cm³/mol. The Labute approximate surface area is 123 Å². The number of para-hydroxylation sites is 1. The second-order valence-electron chi connectivity index (χ2n) is 4.70. The number of aliphatic hydroxyl groups is 1. The molecule has 1 heterocycles. The first-order valence-corrected chi connectivity index (χ1v) is 6.71. The van der Waals surface area contributed by atoms with E-state index in [0.717, 1.165) is 11.3 Å². The summed E-state index contributed by atoms with van der Waals surface area (Å²) in [4.78, 5) is 0. The first kappa shape index (κ1) is 13.4. The van der Waals surface area contributed by atoms with Gasteiger partial charge in [0, 0.05) is 6.20 Å². The highest BCUT2D eigenvalue weighted by atomic mass is 16.5. The number of rotatable bonds is 4. The summed E-state index contributed by atoms with van der Waals surface area (Å²) in [6, 6.07) is 19.0. The molecule has 3 rings (SSSR count). The van der Waals surface area contributed by atoms with Crippen LogP contribution in [0, 0.1) is 0 Å². The van der Waals surface area contributed by atoms with Crippen molar-refractivity contribution in [3.05, 3.63) is 78.1 Å². The number of methoxy groups -OCH3 is 1. The van der Waals surface area contributed by atoms with Crippen LogP contribution in [0.2, 0.25) is 0 Å². The van der Waals surface area contributed by atoms with Gasteiger partial charge in [-0.2, -0.15) is 5.10 Å². The third-order valence-corrected chi connectivity index (χ3v) is 3.32. The normalized spacial score (nSPS) is 12.1. The van der Waals surface area contributed by atoms with Crippen molar-refractivity contribution in [2.24, 2.45) is 0 Å². The fourth-order valence-corrected chi connectivity index (χ4v) is 2.19. The molecule has 0 bridgehead atoms. The minimum absolute atomic E-state index is 0.604. The first-order valence-electron chi connectivity index (χ1n) is 6.71. The zero-order valence-electron chi connectivity index (χ0n) is 11.7. The Hall–Kier alpha value is -2.59. The van der Waals surface area contributed by atoms with Crippen LogP contribution in [0.1, 0.15) is 17.4 Å². The minimum Gasteiger partial charge on any atom is -0.497 e. The van der Waals surface area contributed by atoms with Crippen molar-refractivity contribution in [3.8, 4) is 11.4 Å². The third kappa shape index (κ3) is 2.80. The lowest BCUT2D eigenvalue weighted by atomic mass is 10.1. The van der Waals surface area contributed by atoms with Gasteiger partial charge in [0.15, 0.2) is 0 Å². The molecule has 1 unspecified atom stereocenters. The quantitative estimate of drug-likeness (QED) is 0.799. The second kappa shape index (κ2) is 5.81. The average Bonchev–Trinajstić information content (AvgIpc) is 3.05. The summed E-state index contributed by atoms with van der Waals surface area (Å²) in [6.45, 7) is 0. The van der Waals surface area contributed by atoms with Crippen LogP contribution in [0.5, 0.6) is 5.75 Å². The maximum atomic E-state index is 10.4. The van der Waals surface area contributed by atoms with Gasteiger partial charge in [0.2, 0.25) is 0 Å². The van der Waals surface area contributed by atoms with Crippen LogP contribution in [0.15, 0.2) is 66.9 Å². The molecule has 0 amide bonds. The monoisotopic (exact) mass is 280 g/mol. The standard InChI is InChI=1S/C17H16N2O2/c1-21-15-9-5-6-13(12-15)17(20)16-10-11-19(18-16)14-7-3-2-4-8-14/h2-12,17,20H,1H3. The Morgan fingerprint density at radius 1 is 1.05 bits per heavy atom. The number of hydrogen-bond donors (Lipinski definition) is 1. The van der Waals surface area contributed by atoms with Crippen LogP contribution in [-0.4, -0.2) is 22.0 Å². The molecule has 106 valence electrons. The minimum atomic E-state index is -0.773. The first-order chi connectivity index (χ1) is 10.3. The lowest BCUT2D eigenvalue weighted by molar-refractivity contribution is 0.214. The van der Waals surface area contributed by atoms with Gasteiger partial charge in [0.1, 0.15) is 11.9 Å².